The summed E-state index contributed by atoms with van der Waals surface area (Å²) in [6, 6.07) is 17.9. The average molecular weight is 491 g/mol. The molecule has 8 nitrogen and oxygen atoms in total. The molecule has 3 heterocycles. The van der Waals surface area contributed by atoms with Gasteiger partial charge in [-0.15, -0.1) is 5.10 Å². The number of para-hydroxylation sites is 1. The van der Waals surface area contributed by atoms with Gasteiger partial charge in [-0.1, -0.05) is 47.2 Å². The Kier molecular flexibility index (Phi) is 6.63. The number of nitrogens with zero attached hydrogens (tertiary/aromatic N) is 3. The van der Waals surface area contributed by atoms with Gasteiger partial charge in [0.25, 0.3) is 0 Å². The van der Waals surface area contributed by atoms with Crippen LogP contribution in [0.3, 0.4) is 0 Å². The number of thiazole rings is 1. The fraction of sp³-hybridized carbons (Fsp3) is 0.269. The first-order valence-electron chi connectivity index (χ1n) is 11.4. The normalized spacial score (nSPS) is 14.5. The van der Waals surface area contributed by atoms with Gasteiger partial charge in [0.05, 0.1) is 30.9 Å². The van der Waals surface area contributed by atoms with Gasteiger partial charge in [-0.25, -0.2) is 9.78 Å². The Morgan fingerprint density at radius 1 is 1.17 bits per heavy atom. The van der Waals surface area contributed by atoms with Crippen molar-refractivity contribution >= 4 is 34.0 Å². The summed E-state index contributed by atoms with van der Waals surface area (Å²) in [6.45, 7) is 7.06. The number of ether oxygens (including phenoxy) is 3. The van der Waals surface area contributed by atoms with Gasteiger partial charge in [0.1, 0.15) is 4.88 Å². The van der Waals surface area contributed by atoms with Crippen LogP contribution in [0.15, 0.2) is 59.7 Å². The molecular weight excluding hydrogens is 464 g/mol. The molecular formula is C26H26N4O4S. The van der Waals surface area contributed by atoms with Crippen LogP contribution >= 0.6 is 11.3 Å². The van der Waals surface area contributed by atoms with Gasteiger partial charge >= 0.3 is 5.97 Å². The van der Waals surface area contributed by atoms with Gasteiger partial charge in [0.2, 0.25) is 4.80 Å². The van der Waals surface area contributed by atoms with Crippen LogP contribution in [-0.4, -0.2) is 35.3 Å². The van der Waals surface area contributed by atoms with Gasteiger partial charge in [0, 0.05) is 16.8 Å². The van der Waals surface area contributed by atoms with Crippen LogP contribution in [-0.2, 0) is 14.2 Å². The smallest absolute Gasteiger partial charge is 0.350 e. The molecule has 2 aromatic heterocycles. The minimum absolute atomic E-state index is 0.303. The Morgan fingerprint density at radius 3 is 2.66 bits per heavy atom. The van der Waals surface area contributed by atoms with Crippen molar-refractivity contribution in [2.75, 3.05) is 25.2 Å². The lowest BCUT2D eigenvalue weighted by Gasteiger charge is -2.14. The van der Waals surface area contributed by atoms with Crippen LogP contribution in [0, 0.1) is 13.8 Å². The highest BCUT2D eigenvalue weighted by Gasteiger charge is 2.24. The summed E-state index contributed by atoms with van der Waals surface area (Å²) < 4.78 is 18.7. The maximum Gasteiger partial charge on any atom is 0.350 e. The summed E-state index contributed by atoms with van der Waals surface area (Å²) >= 11 is 1.26. The van der Waals surface area contributed by atoms with E-state index in [4.69, 9.17) is 19.2 Å². The van der Waals surface area contributed by atoms with Crippen LogP contribution < -0.4 is 10.2 Å². The molecule has 0 atom stereocenters. The third-order valence-corrected chi connectivity index (χ3v) is 6.81. The molecule has 0 unspecified atom stereocenters. The number of benzene rings is 2. The number of carbonyl (C=O) groups excluding carboxylic acids is 1. The van der Waals surface area contributed by atoms with Crippen molar-refractivity contribution in [1.82, 2.24) is 9.55 Å². The van der Waals surface area contributed by atoms with Crippen molar-refractivity contribution < 1.29 is 19.0 Å². The van der Waals surface area contributed by atoms with Gasteiger partial charge in [0.15, 0.2) is 12.1 Å². The van der Waals surface area contributed by atoms with Gasteiger partial charge in [-0.05, 0) is 45.0 Å². The molecule has 0 bridgehead atoms. The molecule has 180 valence electrons. The number of aryl methyl sites for hydroxylation is 1. The van der Waals surface area contributed by atoms with E-state index in [0.717, 1.165) is 33.4 Å². The van der Waals surface area contributed by atoms with Gasteiger partial charge in [-0.2, -0.15) is 0 Å². The Bertz CT molecular complexity index is 1440. The van der Waals surface area contributed by atoms with Crippen molar-refractivity contribution in [3.63, 3.8) is 0 Å². The third-order valence-electron chi connectivity index (χ3n) is 5.69. The number of fused-ring (bicyclic) bond motifs is 1. The molecule has 1 saturated heterocycles. The zero-order valence-electron chi connectivity index (χ0n) is 19.8. The standard InChI is InChI=1S/C26H26N4O4S/c1-4-32-24(31)22-17(3)30(19-11-9-16(2)10-12-19)26(35-22)29-28-23-20(25-33-13-14-34-25)15-18-7-5-6-8-21(18)27-23/h5-12,15,25H,4,13-14H2,1-3H3,(H,27,28)/b29-26-. The van der Waals surface area contributed by atoms with E-state index >= 15 is 0 Å². The third kappa shape index (κ3) is 4.70. The molecule has 0 amide bonds. The number of aromatic nitrogens is 2. The van der Waals surface area contributed by atoms with Crippen molar-refractivity contribution in [2.24, 2.45) is 5.10 Å². The van der Waals surface area contributed by atoms with Crippen molar-refractivity contribution in [3.8, 4) is 5.69 Å². The van der Waals surface area contributed by atoms with E-state index in [1.165, 1.54) is 11.3 Å². The molecule has 0 saturated carbocycles. The average Bonchev–Trinajstić information content (AvgIpc) is 3.51. The molecule has 1 aliphatic heterocycles. The van der Waals surface area contributed by atoms with Gasteiger partial charge in [-0.3, -0.25) is 9.99 Å². The summed E-state index contributed by atoms with van der Waals surface area (Å²) in [4.78, 5) is 18.5. The number of anilines is 1. The molecule has 0 spiro atoms. The van der Waals surface area contributed by atoms with Crippen LogP contribution in [0.1, 0.15) is 39.7 Å². The largest absolute Gasteiger partial charge is 0.462 e. The second-order valence-electron chi connectivity index (χ2n) is 8.11. The Morgan fingerprint density at radius 2 is 1.91 bits per heavy atom. The van der Waals surface area contributed by atoms with Crippen molar-refractivity contribution in [3.05, 3.63) is 81.1 Å². The summed E-state index contributed by atoms with van der Waals surface area (Å²) in [5.41, 5.74) is 7.52. The van der Waals surface area contributed by atoms with Gasteiger partial charge < -0.3 is 14.2 Å². The lowest BCUT2D eigenvalue weighted by atomic mass is 10.1. The molecule has 5 rings (SSSR count). The van der Waals surface area contributed by atoms with Crippen LogP contribution in [0.2, 0.25) is 0 Å². The molecule has 0 radical (unpaired) electrons. The second-order valence-corrected chi connectivity index (χ2v) is 9.08. The Balaban J connectivity index is 1.62. The lowest BCUT2D eigenvalue weighted by Crippen LogP contribution is -2.17. The SMILES string of the molecule is CCOC(=O)c1s/c(=N\Nc2nc3ccccc3cc2C2OCCO2)n(-c2ccc(C)cc2)c1C. The van der Waals surface area contributed by atoms with Crippen LogP contribution in [0.5, 0.6) is 0 Å². The summed E-state index contributed by atoms with van der Waals surface area (Å²) in [5, 5.41) is 5.67. The van der Waals surface area contributed by atoms with E-state index in [0.29, 0.717) is 35.3 Å². The number of rotatable bonds is 6. The highest BCUT2D eigenvalue weighted by Crippen LogP contribution is 2.31. The first kappa shape index (κ1) is 23.2. The number of hydrogen-bond acceptors (Lipinski definition) is 8. The second kappa shape index (κ2) is 9.99. The number of hydrogen-bond donors (Lipinski definition) is 1. The zero-order chi connectivity index (χ0) is 24.4. The maximum atomic E-state index is 12.6. The zero-order valence-corrected chi connectivity index (χ0v) is 20.6. The van der Waals surface area contributed by atoms with Crippen molar-refractivity contribution in [1.29, 1.82) is 0 Å². The van der Waals surface area contributed by atoms with E-state index < -0.39 is 6.29 Å². The molecule has 2 aromatic carbocycles. The predicted molar refractivity (Wildman–Crippen MR) is 135 cm³/mol. The highest BCUT2D eigenvalue weighted by atomic mass is 32.1. The van der Waals surface area contributed by atoms with E-state index in [-0.39, 0.29) is 5.97 Å². The molecule has 35 heavy (non-hydrogen) atoms. The lowest BCUT2D eigenvalue weighted by molar-refractivity contribution is -0.0436. The highest BCUT2D eigenvalue weighted by molar-refractivity contribution is 7.11. The van der Waals surface area contributed by atoms with E-state index in [9.17, 15) is 4.79 Å². The van der Waals surface area contributed by atoms with E-state index in [1.54, 1.807) is 6.92 Å². The fourth-order valence-corrected chi connectivity index (χ4v) is 4.94. The molecule has 9 heteroatoms. The fourth-order valence-electron chi connectivity index (χ4n) is 3.95. The predicted octanol–water partition coefficient (Wildman–Crippen LogP) is 4.85. The first-order chi connectivity index (χ1) is 17.0. The van der Waals surface area contributed by atoms with E-state index in [1.807, 2.05) is 73.0 Å². The van der Waals surface area contributed by atoms with Crippen LogP contribution in [0.4, 0.5) is 5.82 Å². The topological polar surface area (TPSA) is 87.0 Å². The molecule has 1 aliphatic rings. The van der Waals surface area contributed by atoms with Crippen molar-refractivity contribution in [2.45, 2.75) is 27.1 Å². The number of esters is 1. The Labute approximate surface area is 206 Å². The Hall–Kier alpha value is -3.53. The number of pyridine rings is 1. The minimum atomic E-state index is -0.519. The summed E-state index contributed by atoms with van der Waals surface area (Å²) in [7, 11) is 0. The monoisotopic (exact) mass is 490 g/mol. The first-order valence-corrected chi connectivity index (χ1v) is 12.3. The van der Waals surface area contributed by atoms with E-state index in [2.05, 4.69) is 10.5 Å². The molecule has 1 N–H and O–H groups in total. The maximum absolute atomic E-state index is 12.6. The molecule has 0 aliphatic carbocycles. The van der Waals surface area contributed by atoms with Crippen LogP contribution in [0.25, 0.3) is 16.6 Å². The summed E-state index contributed by atoms with van der Waals surface area (Å²) in [6.07, 6.45) is -0.519. The number of carbonyl (C=O) groups is 1. The summed E-state index contributed by atoms with van der Waals surface area (Å²) in [5.74, 6) is 0.171. The molecule has 1 fully saturated rings. The minimum Gasteiger partial charge on any atom is -0.462 e. The number of nitrogens with one attached hydrogen (secondary N) is 1. The quantitative estimate of drug-likeness (QED) is 0.307. The molecule has 4 aromatic rings.